The summed E-state index contributed by atoms with van der Waals surface area (Å²) in [6.07, 6.45) is 0. The fourth-order valence-corrected chi connectivity index (χ4v) is 1.87. The van der Waals surface area contributed by atoms with Crippen molar-refractivity contribution in [3.05, 3.63) is 41.5 Å². The summed E-state index contributed by atoms with van der Waals surface area (Å²) in [5.74, 6) is -1.17. The molecular weight excluding hydrogens is 234 g/mol. The van der Waals surface area contributed by atoms with Gasteiger partial charge in [-0.2, -0.15) is 0 Å². The van der Waals surface area contributed by atoms with E-state index in [4.69, 9.17) is 4.11 Å². The predicted molar refractivity (Wildman–Crippen MR) is 62.7 cm³/mol. The number of H-pyrrole nitrogens is 1. The van der Waals surface area contributed by atoms with Gasteiger partial charge in [-0.25, -0.2) is 4.90 Å². The Morgan fingerprint density at radius 1 is 1.28 bits per heavy atom. The number of hydrogen-bond donors (Lipinski definition) is 1. The molecule has 1 aliphatic rings. The maximum absolute atomic E-state index is 12.2. The van der Waals surface area contributed by atoms with Crippen LogP contribution in [0.1, 0.15) is 24.8 Å². The second-order valence-corrected chi connectivity index (χ2v) is 3.68. The van der Waals surface area contributed by atoms with Gasteiger partial charge in [-0.05, 0) is 12.1 Å². The van der Waals surface area contributed by atoms with Gasteiger partial charge >= 0.3 is 0 Å². The highest BCUT2D eigenvalue weighted by Crippen LogP contribution is 2.28. The van der Waals surface area contributed by atoms with Gasteiger partial charge in [0.05, 0.1) is 22.3 Å². The number of carbonyl (C=O) groups is 2. The van der Waals surface area contributed by atoms with Crippen LogP contribution in [0.4, 0.5) is 5.82 Å². The minimum Gasteiger partial charge on any atom is -0.480 e. The number of aromatic amines is 1. The van der Waals surface area contributed by atoms with Crippen molar-refractivity contribution in [2.45, 2.75) is 0 Å². The number of fused-ring (bicyclic) bond motifs is 1. The number of imide groups is 1. The number of nitrogens with one attached hydrogen (secondary N) is 1. The molecule has 0 saturated carbocycles. The molecule has 0 saturated heterocycles. The molecule has 6 heteroatoms. The largest absolute Gasteiger partial charge is 0.480 e. The molecule has 2 aromatic rings. The smallest absolute Gasteiger partial charge is 0.267 e. The molecular formula is C12H9N3O3. The van der Waals surface area contributed by atoms with Crippen LogP contribution in [-0.2, 0) is 0 Å². The first-order valence-electron chi connectivity index (χ1n) is 6.59. The number of carbonyl (C=O) groups excluding carboxylic acids is 2. The molecule has 0 bridgehead atoms. The Hall–Kier alpha value is -2.63. The van der Waals surface area contributed by atoms with Gasteiger partial charge in [0.2, 0.25) is 5.88 Å². The molecule has 1 aliphatic heterocycles. The van der Waals surface area contributed by atoms with E-state index < -0.39 is 18.9 Å². The molecule has 0 fully saturated rings. The van der Waals surface area contributed by atoms with Crippen LogP contribution in [0.3, 0.4) is 0 Å². The zero-order chi connectivity index (χ0) is 15.2. The van der Waals surface area contributed by atoms with Crippen LogP contribution in [0.2, 0.25) is 0 Å². The highest BCUT2D eigenvalue weighted by atomic mass is 16.5. The lowest BCUT2D eigenvalue weighted by atomic mass is 10.1. The molecule has 2 heterocycles. The van der Waals surface area contributed by atoms with Crippen molar-refractivity contribution in [2.75, 3.05) is 11.9 Å². The van der Waals surface area contributed by atoms with E-state index in [9.17, 15) is 9.59 Å². The second kappa shape index (κ2) is 3.69. The summed E-state index contributed by atoms with van der Waals surface area (Å²) in [7, 11) is -2.66. The first-order valence-corrected chi connectivity index (χ1v) is 5.09. The summed E-state index contributed by atoms with van der Waals surface area (Å²) in [6, 6.07) is 7.60. The summed E-state index contributed by atoms with van der Waals surface area (Å²) >= 11 is 0. The van der Waals surface area contributed by atoms with Crippen LogP contribution in [0, 0.1) is 0 Å². The van der Waals surface area contributed by atoms with Gasteiger partial charge < -0.3 is 4.74 Å². The number of benzene rings is 1. The number of nitrogens with zero attached hydrogens (tertiary/aromatic N) is 2. The Morgan fingerprint density at radius 2 is 1.94 bits per heavy atom. The van der Waals surface area contributed by atoms with Crippen molar-refractivity contribution < 1.29 is 18.4 Å². The molecule has 18 heavy (non-hydrogen) atoms. The molecule has 6 nitrogen and oxygen atoms in total. The van der Waals surface area contributed by atoms with E-state index in [1.807, 2.05) is 0 Å². The Bertz CT molecular complexity index is 704. The summed E-state index contributed by atoms with van der Waals surface area (Å²) in [5.41, 5.74) is 0.575. The lowest BCUT2D eigenvalue weighted by molar-refractivity contribution is 0.0925. The van der Waals surface area contributed by atoms with Gasteiger partial charge in [0, 0.05) is 6.07 Å². The normalized spacial score (nSPS) is 17.1. The standard InChI is InChI=1S/C12H9N3O3/c1-18-10-6-9(13-14-10)15-11(16)7-4-2-3-5-8(7)12(15)17/h2-6H,1H3,(H,13,14)/i1D3. The number of amides is 2. The van der Waals surface area contributed by atoms with Gasteiger partial charge in [-0.15, -0.1) is 5.10 Å². The fourth-order valence-electron chi connectivity index (χ4n) is 1.87. The lowest BCUT2D eigenvalue weighted by Gasteiger charge is -2.09. The van der Waals surface area contributed by atoms with Crippen LogP contribution in [-0.4, -0.2) is 29.0 Å². The fraction of sp³-hybridized carbons (Fsp3) is 0.0833. The molecule has 0 radical (unpaired) electrons. The summed E-state index contributed by atoms with van der Waals surface area (Å²) in [6.45, 7) is 0. The summed E-state index contributed by atoms with van der Waals surface area (Å²) in [5, 5.41) is 6.05. The molecule has 3 rings (SSSR count). The van der Waals surface area contributed by atoms with E-state index >= 15 is 0 Å². The van der Waals surface area contributed by atoms with E-state index in [1.165, 1.54) is 6.07 Å². The SMILES string of the molecule is [2H]C([2H])([2H])Oc1cc(N2C(=O)c3ccccc3C2=O)[nH]n1. The molecule has 1 aromatic heterocycles. The zero-order valence-electron chi connectivity index (χ0n) is 12.0. The van der Waals surface area contributed by atoms with Crippen molar-refractivity contribution >= 4 is 17.6 Å². The predicted octanol–water partition coefficient (Wildman–Crippen LogP) is 1.22. The van der Waals surface area contributed by atoms with E-state index in [0.29, 0.717) is 0 Å². The average molecular weight is 246 g/mol. The molecule has 1 aromatic carbocycles. The third kappa shape index (κ3) is 1.32. The molecule has 90 valence electrons. The average Bonchev–Trinajstić information content (AvgIpc) is 2.93. The quantitative estimate of drug-likeness (QED) is 0.808. The van der Waals surface area contributed by atoms with Crippen molar-refractivity contribution in [3.8, 4) is 5.88 Å². The van der Waals surface area contributed by atoms with Crippen LogP contribution in [0.5, 0.6) is 5.88 Å². The number of ether oxygens (including phenoxy) is 1. The van der Waals surface area contributed by atoms with Crippen molar-refractivity contribution in [1.82, 2.24) is 10.2 Å². The van der Waals surface area contributed by atoms with E-state index in [-0.39, 0.29) is 22.8 Å². The van der Waals surface area contributed by atoms with E-state index in [2.05, 4.69) is 14.9 Å². The Labute approximate surface area is 106 Å². The first-order chi connectivity index (χ1) is 9.87. The van der Waals surface area contributed by atoms with Crippen LogP contribution >= 0.6 is 0 Å². The molecule has 0 atom stereocenters. The maximum Gasteiger partial charge on any atom is 0.267 e. The van der Waals surface area contributed by atoms with Gasteiger partial charge in [-0.1, -0.05) is 12.1 Å². The maximum atomic E-state index is 12.2. The van der Waals surface area contributed by atoms with Crippen molar-refractivity contribution in [3.63, 3.8) is 0 Å². The van der Waals surface area contributed by atoms with Gasteiger partial charge in [0.1, 0.15) is 5.82 Å². The Balaban J connectivity index is 1.93. The minimum atomic E-state index is -2.66. The number of aromatic nitrogens is 2. The van der Waals surface area contributed by atoms with Gasteiger partial charge in [0.25, 0.3) is 11.8 Å². The highest BCUT2D eigenvalue weighted by molar-refractivity contribution is 6.34. The van der Waals surface area contributed by atoms with Crippen LogP contribution in [0.15, 0.2) is 30.3 Å². The monoisotopic (exact) mass is 246 g/mol. The van der Waals surface area contributed by atoms with E-state index in [0.717, 1.165) is 4.90 Å². The van der Waals surface area contributed by atoms with Crippen LogP contribution in [0.25, 0.3) is 0 Å². The molecule has 0 aliphatic carbocycles. The van der Waals surface area contributed by atoms with Crippen LogP contribution < -0.4 is 9.64 Å². The molecule has 2 amide bonds. The van der Waals surface area contributed by atoms with E-state index in [1.54, 1.807) is 24.3 Å². The van der Waals surface area contributed by atoms with Gasteiger partial charge in [0.15, 0.2) is 0 Å². The molecule has 1 N–H and O–H groups in total. The third-order valence-corrected chi connectivity index (χ3v) is 2.68. The molecule has 0 spiro atoms. The van der Waals surface area contributed by atoms with Gasteiger partial charge in [-0.3, -0.25) is 14.7 Å². The third-order valence-electron chi connectivity index (χ3n) is 2.68. The zero-order valence-corrected chi connectivity index (χ0v) is 9.01. The number of hydrogen-bond acceptors (Lipinski definition) is 4. The van der Waals surface area contributed by atoms with Crippen molar-refractivity contribution in [2.24, 2.45) is 0 Å². The number of rotatable bonds is 2. The number of methoxy groups -OCH3 is 1. The Kier molecular flexibility index (Phi) is 1.57. The Morgan fingerprint density at radius 3 is 2.56 bits per heavy atom. The summed E-state index contributed by atoms with van der Waals surface area (Å²) in [4.78, 5) is 25.3. The highest BCUT2D eigenvalue weighted by Gasteiger charge is 2.37. The summed E-state index contributed by atoms with van der Waals surface area (Å²) < 4.78 is 25.5. The first kappa shape index (κ1) is 7.65. The second-order valence-electron chi connectivity index (χ2n) is 3.68. The minimum absolute atomic E-state index is 0.0560. The number of anilines is 1. The topological polar surface area (TPSA) is 75.3 Å². The molecule has 0 unspecified atom stereocenters. The van der Waals surface area contributed by atoms with Crippen molar-refractivity contribution in [1.29, 1.82) is 0 Å². The lowest BCUT2D eigenvalue weighted by Crippen LogP contribution is -2.29.